The molecule has 6 nitrogen and oxygen atoms in total. The molecule has 6 heteroatoms. The maximum Gasteiger partial charge on any atom is 0.439 e. The van der Waals surface area contributed by atoms with Gasteiger partial charge >= 0.3 is 5.76 Å². The molecule has 2 aromatic heterocycles. The van der Waals surface area contributed by atoms with Gasteiger partial charge in [-0.15, -0.1) is 0 Å². The van der Waals surface area contributed by atoms with E-state index in [0.717, 1.165) is 11.3 Å². The first kappa shape index (κ1) is 10.5. The predicted molar refractivity (Wildman–Crippen MR) is 64.8 cm³/mol. The second kappa shape index (κ2) is 3.99. The van der Waals surface area contributed by atoms with Gasteiger partial charge < -0.3 is 0 Å². The first-order valence-electron chi connectivity index (χ1n) is 5.40. The number of nitrogens with one attached hydrogen (secondary N) is 1. The molecule has 0 fully saturated rings. The third kappa shape index (κ3) is 1.73. The summed E-state index contributed by atoms with van der Waals surface area (Å²) in [4.78, 5) is 13.4. The van der Waals surface area contributed by atoms with Gasteiger partial charge in [0.05, 0.1) is 5.69 Å². The van der Waals surface area contributed by atoms with Gasteiger partial charge in [0.1, 0.15) is 5.69 Å². The highest BCUT2D eigenvalue weighted by Crippen LogP contribution is 2.22. The van der Waals surface area contributed by atoms with E-state index in [1.54, 1.807) is 11.7 Å². The number of rotatable bonds is 2. The van der Waals surface area contributed by atoms with Gasteiger partial charge in [-0.1, -0.05) is 35.5 Å². The van der Waals surface area contributed by atoms with Crippen LogP contribution in [0, 0.1) is 0 Å². The lowest BCUT2D eigenvalue weighted by molar-refractivity contribution is 0.387. The Morgan fingerprint density at radius 3 is 2.72 bits per heavy atom. The highest BCUT2D eigenvalue weighted by atomic mass is 16.5. The van der Waals surface area contributed by atoms with E-state index in [0.29, 0.717) is 11.5 Å². The van der Waals surface area contributed by atoms with Gasteiger partial charge in [0.2, 0.25) is 5.82 Å². The zero-order valence-corrected chi connectivity index (χ0v) is 9.62. The minimum atomic E-state index is -0.576. The number of H-pyrrole nitrogens is 1. The number of aryl methyl sites for hydroxylation is 1. The van der Waals surface area contributed by atoms with E-state index in [2.05, 4.69) is 19.8 Å². The van der Waals surface area contributed by atoms with E-state index in [4.69, 9.17) is 0 Å². The molecule has 1 aromatic carbocycles. The van der Waals surface area contributed by atoms with Crippen LogP contribution in [0.2, 0.25) is 0 Å². The van der Waals surface area contributed by atoms with E-state index in [1.807, 2.05) is 36.4 Å². The first-order chi connectivity index (χ1) is 8.74. The Morgan fingerprint density at radius 1 is 1.28 bits per heavy atom. The Hall–Kier alpha value is -2.63. The molecule has 0 aliphatic rings. The number of aromatic nitrogens is 4. The molecule has 2 heterocycles. The minimum Gasteiger partial charge on any atom is -0.296 e. The molecule has 3 rings (SSSR count). The molecule has 1 N–H and O–H groups in total. The molecule has 0 unspecified atom stereocenters. The zero-order chi connectivity index (χ0) is 12.5. The van der Waals surface area contributed by atoms with Crippen molar-refractivity contribution in [3.8, 4) is 22.8 Å². The normalized spacial score (nSPS) is 10.7. The highest BCUT2D eigenvalue weighted by molar-refractivity contribution is 5.64. The van der Waals surface area contributed by atoms with Gasteiger partial charge in [0.15, 0.2) is 0 Å². The molecule has 0 bridgehead atoms. The maximum atomic E-state index is 10.9. The Morgan fingerprint density at radius 2 is 2.06 bits per heavy atom. The molecule has 0 aliphatic heterocycles. The highest BCUT2D eigenvalue weighted by Gasteiger charge is 2.12. The molecule has 3 aromatic rings. The van der Waals surface area contributed by atoms with Gasteiger partial charge in [-0.3, -0.25) is 14.2 Å². The summed E-state index contributed by atoms with van der Waals surface area (Å²) in [6, 6.07) is 11.6. The average Bonchev–Trinajstić information content (AvgIpc) is 2.97. The van der Waals surface area contributed by atoms with E-state index in [1.165, 1.54) is 0 Å². The summed E-state index contributed by atoms with van der Waals surface area (Å²) in [5, 5.41) is 8.03. The number of hydrogen-bond acceptors (Lipinski definition) is 4. The van der Waals surface area contributed by atoms with Crippen LogP contribution in [0.15, 0.2) is 45.7 Å². The smallest absolute Gasteiger partial charge is 0.296 e. The fourth-order valence-corrected chi connectivity index (χ4v) is 1.78. The fourth-order valence-electron chi connectivity index (χ4n) is 1.78. The lowest BCUT2D eigenvalue weighted by atomic mass is 10.1. The van der Waals surface area contributed by atoms with Crippen molar-refractivity contribution in [3.63, 3.8) is 0 Å². The molecular formula is C12H10N4O2. The second-order valence-corrected chi connectivity index (χ2v) is 3.85. The van der Waals surface area contributed by atoms with Gasteiger partial charge in [0, 0.05) is 12.6 Å². The summed E-state index contributed by atoms with van der Waals surface area (Å²) < 4.78 is 6.14. The minimum absolute atomic E-state index is 0.372. The van der Waals surface area contributed by atoms with Crippen LogP contribution in [0.4, 0.5) is 0 Å². The molecule has 0 aliphatic carbocycles. The van der Waals surface area contributed by atoms with Gasteiger partial charge in [-0.05, 0) is 6.07 Å². The lowest BCUT2D eigenvalue weighted by Gasteiger charge is -1.94. The molecule has 90 valence electrons. The summed E-state index contributed by atoms with van der Waals surface area (Å²) in [6.45, 7) is 0. The van der Waals surface area contributed by atoms with Crippen LogP contribution >= 0.6 is 0 Å². The average molecular weight is 242 g/mol. The van der Waals surface area contributed by atoms with Crippen molar-refractivity contribution in [2.24, 2.45) is 7.05 Å². The zero-order valence-electron chi connectivity index (χ0n) is 9.62. The van der Waals surface area contributed by atoms with Crippen molar-refractivity contribution < 1.29 is 4.52 Å². The summed E-state index contributed by atoms with van der Waals surface area (Å²) in [5.41, 5.74) is 2.52. The standard InChI is InChI=1S/C12H10N4O2/c1-16-10(11-13-12(17)18-15-11)7-9(14-16)8-5-3-2-4-6-8/h2-7H,1H3,(H,13,15,17). The maximum absolute atomic E-state index is 10.9. The predicted octanol–water partition coefficient (Wildman–Crippen LogP) is 1.43. The summed E-state index contributed by atoms with van der Waals surface area (Å²) in [5.74, 6) is -0.204. The molecule has 0 atom stereocenters. The summed E-state index contributed by atoms with van der Waals surface area (Å²) in [6.07, 6.45) is 0. The van der Waals surface area contributed by atoms with Gasteiger partial charge in [-0.2, -0.15) is 5.10 Å². The van der Waals surface area contributed by atoms with Crippen molar-refractivity contribution in [2.45, 2.75) is 0 Å². The molecule has 0 radical (unpaired) electrons. The van der Waals surface area contributed by atoms with Crippen molar-refractivity contribution in [1.82, 2.24) is 19.9 Å². The SMILES string of the molecule is Cn1nc(-c2ccccc2)cc1-c1noc(=O)[nH]1. The molecule has 0 saturated heterocycles. The number of hydrogen-bond donors (Lipinski definition) is 1. The quantitative estimate of drug-likeness (QED) is 0.737. The van der Waals surface area contributed by atoms with Crippen LogP contribution < -0.4 is 5.76 Å². The van der Waals surface area contributed by atoms with Crippen LogP contribution in [0.1, 0.15) is 0 Å². The lowest BCUT2D eigenvalue weighted by Crippen LogP contribution is -1.98. The van der Waals surface area contributed by atoms with Crippen LogP contribution in [0.3, 0.4) is 0 Å². The molecule has 0 spiro atoms. The number of nitrogens with zero attached hydrogens (tertiary/aromatic N) is 3. The number of aromatic amines is 1. The molecule has 0 saturated carbocycles. The van der Waals surface area contributed by atoms with E-state index >= 15 is 0 Å². The van der Waals surface area contributed by atoms with Gasteiger partial charge in [-0.25, -0.2) is 4.79 Å². The fraction of sp³-hybridized carbons (Fsp3) is 0.0833. The summed E-state index contributed by atoms with van der Waals surface area (Å²) >= 11 is 0. The monoisotopic (exact) mass is 242 g/mol. The second-order valence-electron chi connectivity index (χ2n) is 3.85. The number of benzene rings is 1. The largest absolute Gasteiger partial charge is 0.439 e. The molecular weight excluding hydrogens is 232 g/mol. The van der Waals surface area contributed by atoms with Crippen LogP contribution in [0.25, 0.3) is 22.8 Å². The van der Waals surface area contributed by atoms with E-state index < -0.39 is 5.76 Å². The Kier molecular flexibility index (Phi) is 2.33. The van der Waals surface area contributed by atoms with Crippen LogP contribution in [-0.4, -0.2) is 19.9 Å². The topological polar surface area (TPSA) is 76.7 Å². The van der Waals surface area contributed by atoms with Crippen molar-refractivity contribution in [1.29, 1.82) is 0 Å². The third-order valence-electron chi connectivity index (χ3n) is 2.63. The van der Waals surface area contributed by atoms with E-state index in [-0.39, 0.29) is 0 Å². The van der Waals surface area contributed by atoms with Crippen LogP contribution in [-0.2, 0) is 7.05 Å². The third-order valence-corrected chi connectivity index (χ3v) is 2.63. The van der Waals surface area contributed by atoms with E-state index in [9.17, 15) is 4.79 Å². The summed E-state index contributed by atoms with van der Waals surface area (Å²) in [7, 11) is 1.79. The Bertz CT molecular complexity index is 724. The van der Waals surface area contributed by atoms with Gasteiger partial charge in [0.25, 0.3) is 0 Å². The van der Waals surface area contributed by atoms with Crippen molar-refractivity contribution in [2.75, 3.05) is 0 Å². The molecule has 18 heavy (non-hydrogen) atoms. The molecule has 0 amide bonds. The Labute approximate surface area is 102 Å². The van der Waals surface area contributed by atoms with Crippen molar-refractivity contribution >= 4 is 0 Å². The van der Waals surface area contributed by atoms with Crippen molar-refractivity contribution in [3.05, 3.63) is 46.9 Å². The Balaban J connectivity index is 2.09. The van der Waals surface area contributed by atoms with Crippen LogP contribution in [0.5, 0.6) is 0 Å². The first-order valence-corrected chi connectivity index (χ1v) is 5.40.